The highest BCUT2D eigenvalue weighted by Gasteiger charge is 2.19. The van der Waals surface area contributed by atoms with Gasteiger partial charge >= 0.3 is 0 Å². The van der Waals surface area contributed by atoms with E-state index in [1.807, 2.05) is 20.8 Å². The van der Waals surface area contributed by atoms with Gasteiger partial charge in [0.1, 0.15) is 0 Å². The molecule has 0 aromatic carbocycles. The van der Waals surface area contributed by atoms with Gasteiger partial charge in [-0.1, -0.05) is 88.6 Å². The minimum atomic E-state index is 0.692. The topological polar surface area (TPSA) is 0 Å². The average molecular weight is 347 g/mol. The van der Waals surface area contributed by atoms with E-state index in [9.17, 15) is 0 Å². The number of allylic oxidation sites excluding steroid dienone is 7. The quantitative estimate of drug-likeness (QED) is 0.351. The Balaban J connectivity index is -0.000000517. The summed E-state index contributed by atoms with van der Waals surface area (Å²) in [5.41, 5.74) is 6.89. The van der Waals surface area contributed by atoms with Crippen LogP contribution in [0.25, 0.3) is 0 Å². The first-order valence-electron chi connectivity index (χ1n) is 10.0. The van der Waals surface area contributed by atoms with Gasteiger partial charge in [0.25, 0.3) is 0 Å². The van der Waals surface area contributed by atoms with Gasteiger partial charge < -0.3 is 0 Å². The lowest BCUT2D eigenvalue weighted by molar-refractivity contribution is 0.527. The zero-order valence-corrected chi connectivity index (χ0v) is 18.9. The number of rotatable bonds is 4. The van der Waals surface area contributed by atoms with Crippen LogP contribution in [0.4, 0.5) is 0 Å². The van der Waals surface area contributed by atoms with Crippen molar-refractivity contribution in [3.8, 4) is 0 Å². The summed E-state index contributed by atoms with van der Waals surface area (Å²) in [5.74, 6) is 0.692. The molecular weight excluding hydrogens is 300 g/mol. The molecule has 0 saturated carbocycles. The van der Waals surface area contributed by atoms with Gasteiger partial charge in [0.2, 0.25) is 0 Å². The molecule has 0 saturated heterocycles. The SMILES string of the molecule is C=C(C=C(C)C)CC1=C(C(=C)C)CCC[C@@H]1C.C=CC.CC.CCC. The minimum absolute atomic E-state index is 0.692. The lowest BCUT2D eigenvalue weighted by Gasteiger charge is -2.27. The maximum Gasteiger partial charge on any atom is -0.00644 e. The molecular formula is C25H46. The van der Waals surface area contributed by atoms with Crippen molar-refractivity contribution in [1.82, 2.24) is 0 Å². The molecule has 1 atom stereocenters. The van der Waals surface area contributed by atoms with Crippen molar-refractivity contribution in [2.24, 2.45) is 5.92 Å². The van der Waals surface area contributed by atoms with Crippen LogP contribution in [0, 0.1) is 5.92 Å². The molecule has 1 aliphatic rings. The summed E-state index contributed by atoms with van der Waals surface area (Å²) in [5, 5.41) is 0. The second-order valence-electron chi connectivity index (χ2n) is 6.75. The summed E-state index contributed by atoms with van der Waals surface area (Å²) >= 11 is 0. The first-order chi connectivity index (χ1) is 11.7. The van der Waals surface area contributed by atoms with Gasteiger partial charge in [-0.3, -0.25) is 0 Å². The van der Waals surface area contributed by atoms with Gasteiger partial charge in [0.15, 0.2) is 0 Å². The molecule has 0 amide bonds. The predicted molar refractivity (Wildman–Crippen MR) is 121 cm³/mol. The van der Waals surface area contributed by atoms with Gasteiger partial charge in [0.05, 0.1) is 0 Å². The van der Waals surface area contributed by atoms with Gasteiger partial charge in [-0.05, 0) is 64.9 Å². The molecule has 0 bridgehead atoms. The predicted octanol–water partition coefficient (Wildman–Crippen LogP) is 9.23. The van der Waals surface area contributed by atoms with Crippen LogP contribution in [0.15, 0.2) is 59.8 Å². The van der Waals surface area contributed by atoms with Crippen molar-refractivity contribution in [2.75, 3.05) is 0 Å². The third kappa shape index (κ3) is 15.9. The normalized spacial score (nSPS) is 15.2. The molecule has 25 heavy (non-hydrogen) atoms. The summed E-state index contributed by atoms with van der Waals surface area (Å²) in [6.45, 7) is 30.5. The van der Waals surface area contributed by atoms with E-state index in [-0.39, 0.29) is 0 Å². The molecule has 1 rings (SSSR count). The summed E-state index contributed by atoms with van der Waals surface area (Å²) in [6, 6.07) is 0. The monoisotopic (exact) mass is 346 g/mol. The summed E-state index contributed by atoms with van der Waals surface area (Å²) in [7, 11) is 0. The molecule has 0 heterocycles. The second-order valence-corrected chi connectivity index (χ2v) is 6.75. The number of hydrogen-bond acceptors (Lipinski definition) is 0. The maximum atomic E-state index is 4.18. The van der Waals surface area contributed by atoms with Crippen LogP contribution in [0.2, 0.25) is 0 Å². The van der Waals surface area contributed by atoms with Crippen LogP contribution in [0.1, 0.15) is 94.4 Å². The van der Waals surface area contributed by atoms with Crippen molar-refractivity contribution >= 4 is 0 Å². The molecule has 0 radical (unpaired) electrons. The molecule has 0 aromatic rings. The van der Waals surface area contributed by atoms with E-state index >= 15 is 0 Å². The van der Waals surface area contributed by atoms with E-state index in [4.69, 9.17) is 0 Å². The Morgan fingerprint density at radius 3 is 1.92 bits per heavy atom. The summed E-state index contributed by atoms with van der Waals surface area (Å²) in [6.07, 6.45) is 10.0. The minimum Gasteiger partial charge on any atom is -0.103 e. The Kier molecular flexibility index (Phi) is 21.7. The molecule has 0 aliphatic heterocycles. The van der Waals surface area contributed by atoms with E-state index < -0.39 is 0 Å². The molecule has 146 valence electrons. The van der Waals surface area contributed by atoms with E-state index in [0.717, 1.165) is 6.42 Å². The zero-order valence-electron chi connectivity index (χ0n) is 18.9. The fourth-order valence-electron chi connectivity index (χ4n) is 2.69. The molecule has 0 unspecified atom stereocenters. The van der Waals surface area contributed by atoms with E-state index in [1.165, 1.54) is 48.0 Å². The van der Waals surface area contributed by atoms with Gasteiger partial charge in [0, 0.05) is 0 Å². The smallest absolute Gasteiger partial charge is 0.00644 e. The van der Waals surface area contributed by atoms with Crippen molar-refractivity contribution in [3.05, 3.63) is 59.8 Å². The van der Waals surface area contributed by atoms with Crippen molar-refractivity contribution < 1.29 is 0 Å². The molecule has 0 N–H and O–H groups in total. The third-order valence-electron chi connectivity index (χ3n) is 3.47. The lowest BCUT2D eigenvalue weighted by atomic mass is 9.79. The van der Waals surface area contributed by atoms with Crippen LogP contribution >= 0.6 is 0 Å². The van der Waals surface area contributed by atoms with Crippen LogP contribution in [0.3, 0.4) is 0 Å². The van der Waals surface area contributed by atoms with Gasteiger partial charge in [-0.15, -0.1) is 6.58 Å². The van der Waals surface area contributed by atoms with Crippen LogP contribution in [-0.2, 0) is 0 Å². The summed E-state index contributed by atoms with van der Waals surface area (Å²) in [4.78, 5) is 0. The molecule has 0 nitrogen and oxygen atoms in total. The van der Waals surface area contributed by atoms with E-state index in [1.54, 1.807) is 11.6 Å². The Bertz CT molecular complexity index is 425. The van der Waals surface area contributed by atoms with Gasteiger partial charge in [-0.25, -0.2) is 0 Å². The first kappa shape index (κ1) is 28.5. The fraction of sp³-hybridized carbons (Fsp3) is 0.600. The highest BCUT2D eigenvalue weighted by molar-refractivity contribution is 5.38. The first-order valence-corrected chi connectivity index (χ1v) is 10.0. The molecule has 1 aliphatic carbocycles. The van der Waals surface area contributed by atoms with Crippen LogP contribution in [0.5, 0.6) is 0 Å². The average Bonchev–Trinajstić information content (AvgIpc) is 2.52. The Morgan fingerprint density at radius 2 is 1.56 bits per heavy atom. The number of hydrogen-bond donors (Lipinski definition) is 0. The highest BCUT2D eigenvalue weighted by Crippen LogP contribution is 2.36. The zero-order chi connectivity index (χ0) is 20.4. The molecule has 0 aromatic heterocycles. The molecule has 0 heteroatoms. The lowest BCUT2D eigenvalue weighted by Crippen LogP contribution is -2.10. The molecule has 0 fully saturated rings. The Labute approximate surface area is 160 Å². The Hall–Kier alpha value is -1.30. The van der Waals surface area contributed by atoms with E-state index in [0.29, 0.717) is 5.92 Å². The maximum absolute atomic E-state index is 4.18. The van der Waals surface area contributed by atoms with Crippen molar-refractivity contribution in [3.63, 3.8) is 0 Å². The summed E-state index contributed by atoms with van der Waals surface area (Å²) < 4.78 is 0. The standard InChI is InChI=1S/C17H26.C3H8.C3H6.C2H6/c1-12(2)10-14(5)11-17-15(6)8-7-9-16(17)13(3)4;2*1-3-2;1-2/h10,15H,3,5,7-9,11H2,1-2,4,6H3;3H2,1-2H3;3H,1H2,2H3;1-2H3/t15-;;;/m0.../s1. The van der Waals surface area contributed by atoms with E-state index in [2.05, 4.69) is 67.4 Å². The Morgan fingerprint density at radius 1 is 1.12 bits per heavy atom. The highest BCUT2D eigenvalue weighted by atomic mass is 14.2. The largest absolute Gasteiger partial charge is 0.103 e. The third-order valence-corrected chi connectivity index (χ3v) is 3.47. The second kappa shape index (κ2) is 19.0. The van der Waals surface area contributed by atoms with Gasteiger partial charge in [-0.2, -0.15) is 0 Å². The van der Waals surface area contributed by atoms with Crippen LogP contribution < -0.4 is 0 Å². The molecule has 0 spiro atoms. The van der Waals surface area contributed by atoms with Crippen molar-refractivity contribution in [2.45, 2.75) is 94.4 Å². The van der Waals surface area contributed by atoms with Crippen molar-refractivity contribution in [1.29, 1.82) is 0 Å². The fourth-order valence-corrected chi connectivity index (χ4v) is 2.69. The van der Waals surface area contributed by atoms with Crippen LogP contribution in [-0.4, -0.2) is 0 Å².